The zero-order chi connectivity index (χ0) is 47.5. The van der Waals surface area contributed by atoms with Gasteiger partial charge in [-0.25, -0.2) is 0 Å². The molecular formula is C49H92Cl2O8S6. The average molecular weight is 1070 g/mol. The molecule has 3 aliphatic rings. The van der Waals surface area contributed by atoms with Gasteiger partial charge in [-0.05, 0) is 83.5 Å². The molecule has 3 N–H and O–H groups in total. The maximum absolute atomic E-state index is 11.8. The summed E-state index contributed by atoms with van der Waals surface area (Å²) >= 11 is 9.53. The lowest BCUT2D eigenvalue weighted by molar-refractivity contribution is -0.144. The van der Waals surface area contributed by atoms with Crippen molar-refractivity contribution < 1.29 is 39.2 Å². The minimum atomic E-state index is -0.663. The molecule has 3 fully saturated rings. The van der Waals surface area contributed by atoms with Gasteiger partial charge in [0.2, 0.25) is 0 Å². The number of hydrogen-bond donors (Lipinski definition) is 3. The van der Waals surface area contributed by atoms with Crippen LogP contribution in [-0.2, 0) is 23.9 Å². The molecule has 8 nitrogen and oxygen atoms in total. The van der Waals surface area contributed by atoms with Crippen molar-refractivity contribution in [2.75, 3.05) is 49.0 Å². The van der Waals surface area contributed by atoms with Crippen LogP contribution in [0.3, 0.4) is 0 Å². The summed E-state index contributed by atoms with van der Waals surface area (Å²) < 4.78 is 10.8. The highest BCUT2D eigenvalue weighted by Gasteiger charge is 2.18. The van der Waals surface area contributed by atoms with E-state index < -0.39 is 5.97 Å². The van der Waals surface area contributed by atoms with Crippen LogP contribution in [0.1, 0.15) is 225 Å². The Bertz CT molecular complexity index is 965. The van der Waals surface area contributed by atoms with Crippen LogP contribution in [0.2, 0.25) is 0 Å². The molecule has 0 radical (unpaired) electrons. The molecule has 3 heterocycles. The maximum Gasteiger partial charge on any atom is 0.305 e. The number of halogens is 2. The predicted molar refractivity (Wildman–Crippen MR) is 293 cm³/mol. The Morgan fingerprint density at radius 3 is 0.954 bits per heavy atom. The fraction of sp³-hybridized carbons (Fsp3) is 0.939. The molecule has 3 saturated heterocycles. The Kier molecular flexibility index (Phi) is 55.2. The van der Waals surface area contributed by atoms with Gasteiger partial charge in [0, 0.05) is 65.5 Å². The second-order valence-corrected chi connectivity index (χ2v) is 26.3. The fourth-order valence-electron chi connectivity index (χ4n) is 7.40. The summed E-state index contributed by atoms with van der Waals surface area (Å²) in [7, 11) is 11.9. The Morgan fingerprint density at radius 1 is 0.415 bits per heavy atom. The van der Waals surface area contributed by atoms with Gasteiger partial charge in [-0.3, -0.25) is 14.4 Å². The van der Waals surface area contributed by atoms with Gasteiger partial charge in [-0.2, -0.15) is 0 Å². The molecule has 0 aromatic heterocycles. The van der Waals surface area contributed by atoms with Crippen LogP contribution < -0.4 is 0 Å². The molecule has 3 rings (SSSR count). The first kappa shape index (κ1) is 66.0. The Hall–Kier alpha value is 1.01. The predicted octanol–water partition coefficient (Wildman–Crippen LogP) is 16.5. The lowest BCUT2D eigenvalue weighted by atomic mass is 10.1. The fourth-order valence-corrected chi connectivity index (χ4v) is 16.5. The normalized spacial score (nSPS) is 17.6. The summed E-state index contributed by atoms with van der Waals surface area (Å²) in [4.78, 5) is 33.8. The van der Waals surface area contributed by atoms with Crippen molar-refractivity contribution in [2.24, 2.45) is 0 Å². The molecule has 0 spiro atoms. The lowest BCUT2D eigenvalue weighted by Gasteiger charge is -2.08. The number of aliphatic hydroxyl groups is 2. The summed E-state index contributed by atoms with van der Waals surface area (Å²) in [5.74, 6) is 3.17. The van der Waals surface area contributed by atoms with Gasteiger partial charge in [0.25, 0.3) is 0 Å². The number of carboxylic acid groups (broad SMARTS) is 1. The Labute approximate surface area is 431 Å². The molecule has 3 unspecified atom stereocenters. The van der Waals surface area contributed by atoms with E-state index in [2.05, 4.69) is 0 Å². The summed E-state index contributed by atoms with van der Waals surface area (Å²) in [5.41, 5.74) is 0. The molecule has 0 aliphatic carbocycles. The van der Waals surface area contributed by atoms with E-state index >= 15 is 0 Å². The monoisotopic (exact) mass is 1070 g/mol. The van der Waals surface area contributed by atoms with Gasteiger partial charge in [0.1, 0.15) is 0 Å². The number of carboxylic acids is 1. The van der Waals surface area contributed by atoms with Crippen LogP contribution >= 0.6 is 88.0 Å². The quantitative estimate of drug-likeness (QED) is 0.0234. The van der Waals surface area contributed by atoms with Crippen LogP contribution in [-0.4, -0.2) is 98.0 Å². The third-order valence-corrected chi connectivity index (χ3v) is 20.3. The smallest absolute Gasteiger partial charge is 0.305 e. The van der Waals surface area contributed by atoms with Crippen molar-refractivity contribution in [3.63, 3.8) is 0 Å². The van der Waals surface area contributed by atoms with Gasteiger partial charge < -0.3 is 24.8 Å². The third kappa shape index (κ3) is 51.2. The average Bonchev–Trinajstić information content (AvgIpc) is 4.13. The SMILES string of the molecule is ClCCl.O=C(CCCCC1CCSS1)OCCCCCCCCCCCCOC(=O)CCCCC1CCSS1.O=C(O)CCCCC1CCSS1.OCCCCCCCCCCCCO. The number of unbranched alkanes of at least 4 members (excludes halogenated alkanes) is 21. The van der Waals surface area contributed by atoms with E-state index in [-0.39, 0.29) is 17.3 Å². The van der Waals surface area contributed by atoms with Crippen molar-refractivity contribution in [1.82, 2.24) is 0 Å². The van der Waals surface area contributed by atoms with Crippen molar-refractivity contribution >= 4 is 106 Å². The van der Waals surface area contributed by atoms with Gasteiger partial charge in [0.05, 0.1) is 18.6 Å². The molecule has 0 saturated carbocycles. The maximum atomic E-state index is 11.8. The zero-order valence-corrected chi connectivity index (χ0v) is 46.6. The number of carbonyl (C=O) groups is 3. The molecule has 0 amide bonds. The van der Waals surface area contributed by atoms with Crippen molar-refractivity contribution in [1.29, 1.82) is 0 Å². The molecule has 0 bridgehead atoms. The molecule has 386 valence electrons. The van der Waals surface area contributed by atoms with E-state index in [0.717, 1.165) is 92.8 Å². The summed E-state index contributed by atoms with van der Waals surface area (Å²) in [6.07, 6.45) is 39.5. The Balaban J connectivity index is 0.00000115. The van der Waals surface area contributed by atoms with Gasteiger partial charge >= 0.3 is 17.9 Å². The van der Waals surface area contributed by atoms with E-state index in [4.69, 9.17) is 48.0 Å². The Morgan fingerprint density at radius 2 is 0.692 bits per heavy atom. The van der Waals surface area contributed by atoms with Gasteiger partial charge in [-0.1, -0.05) is 187 Å². The highest BCUT2D eigenvalue weighted by molar-refractivity contribution is 8.78. The van der Waals surface area contributed by atoms with Crippen molar-refractivity contribution in [3.05, 3.63) is 0 Å². The van der Waals surface area contributed by atoms with Crippen LogP contribution in [0.25, 0.3) is 0 Å². The number of rotatable bonds is 39. The molecule has 0 aromatic carbocycles. The van der Waals surface area contributed by atoms with Gasteiger partial charge in [0.15, 0.2) is 0 Å². The number of alkyl halides is 2. The summed E-state index contributed by atoms with van der Waals surface area (Å²) in [6, 6.07) is 0. The topological polar surface area (TPSA) is 130 Å². The number of aliphatic hydroxyl groups excluding tert-OH is 2. The van der Waals surface area contributed by atoms with Crippen LogP contribution in [0.5, 0.6) is 0 Å². The number of aliphatic carboxylic acids is 1. The first-order chi connectivity index (χ1) is 31.9. The number of carbonyl (C=O) groups excluding carboxylic acids is 2. The molecular weight excluding hydrogens is 980 g/mol. The van der Waals surface area contributed by atoms with Crippen molar-refractivity contribution in [2.45, 2.75) is 240 Å². The van der Waals surface area contributed by atoms with Crippen molar-refractivity contribution in [3.8, 4) is 0 Å². The lowest BCUT2D eigenvalue weighted by Crippen LogP contribution is -2.06. The largest absolute Gasteiger partial charge is 0.481 e. The first-order valence-electron chi connectivity index (χ1n) is 25.6. The van der Waals surface area contributed by atoms with E-state index in [1.165, 1.54) is 146 Å². The van der Waals surface area contributed by atoms with Crippen LogP contribution in [0, 0.1) is 0 Å². The molecule has 3 aliphatic heterocycles. The van der Waals surface area contributed by atoms with E-state index in [1.54, 1.807) is 0 Å². The highest BCUT2D eigenvalue weighted by Crippen LogP contribution is 2.41. The molecule has 16 heteroatoms. The minimum absolute atomic E-state index is 0.00802. The number of esters is 2. The second-order valence-electron chi connectivity index (χ2n) is 17.2. The number of hydrogen-bond acceptors (Lipinski definition) is 13. The molecule has 3 atom stereocenters. The summed E-state index contributed by atoms with van der Waals surface area (Å²) in [5, 5.41) is 28.1. The van der Waals surface area contributed by atoms with E-state index in [9.17, 15) is 14.4 Å². The first-order valence-corrected chi connectivity index (χ1v) is 33.8. The minimum Gasteiger partial charge on any atom is -0.481 e. The number of ether oxygens (including phenoxy) is 2. The third-order valence-electron chi connectivity index (χ3n) is 11.3. The molecule has 0 aromatic rings. The van der Waals surface area contributed by atoms with Gasteiger partial charge in [-0.15, -0.1) is 23.2 Å². The molecule has 65 heavy (non-hydrogen) atoms. The summed E-state index contributed by atoms with van der Waals surface area (Å²) in [6.45, 7) is 1.89. The van der Waals surface area contributed by atoms with Crippen LogP contribution in [0.4, 0.5) is 0 Å². The second kappa shape index (κ2) is 54.3. The van der Waals surface area contributed by atoms with Crippen LogP contribution in [0.15, 0.2) is 0 Å². The highest BCUT2D eigenvalue weighted by atomic mass is 35.5. The standard InChI is InChI=1S/C28H50O4S4.C12H26O2.C8H14O2S2.CH2Cl2/c29-27(17-11-9-15-25-19-23-33-35-25)31-21-13-7-5-3-1-2-4-6-8-14-22-32-28(30)18-12-10-16-26-20-24-34-36-26;13-11-9-7-5-3-1-2-4-6-8-10-12-14;9-8(10)4-2-1-3-7-5-6-11-12-7;2-1-3/h25-26H,1-24H2;13-14H,1-12H2;7H,1-6H2,(H,9,10);1H2. The van der Waals surface area contributed by atoms with E-state index in [0.29, 0.717) is 45.7 Å². The van der Waals surface area contributed by atoms with E-state index in [1.807, 2.05) is 64.8 Å². The zero-order valence-electron chi connectivity index (χ0n) is 40.2.